The smallest absolute Gasteiger partial charge is 0.303 e. The monoisotopic (exact) mass is 933 g/mol. The quantitative estimate of drug-likeness (QED) is 0.128. The van der Waals surface area contributed by atoms with Crippen LogP contribution in [-0.2, 0) is 92.2 Å². The first-order valence-corrected chi connectivity index (χ1v) is 21.8. The van der Waals surface area contributed by atoms with Crippen LogP contribution in [0.2, 0.25) is 5.02 Å². The zero-order valence-electron chi connectivity index (χ0n) is 35.5. The lowest BCUT2D eigenvalue weighted by Crippen LogP contribution is -2.67. The molecule has 1 N–H and O–H groups in total. The maximum atomic E-state index is 13.6. The van der Waals surface area contributed by atoms with Crippen molar-refractivity contribution in [3.8, 4) is 0 Å². The van der Waals surface area contributed by atoms with E-state index in [1.54, 1.807) is 55.5 Å². The number of carbonyl (C=O) groups excluding carboxylic acids is 5. The molecule has 0 spiro atoms. The highest BCUT2D eigenvalue weighted by molar-refractivity contribution is 7.86. The van der Waals surface area contributed by atoms with Crippen molar-refractivity contribution in [1.29, 1.82) is 0 Å². The first-order chi connectivity index (χ1) is 30.4. The van der Waals surface area contributed by atoms with Gasteiger partial charge in [0.15, 0.2) is 43.3 Å². The standard InChI is InChI=1S/C43H48ClNO18S/c1-22-12-15-30(16-13-22)64(51,52)55-21-34-36(37(56-24(3)47)39(58-26(5)49)42(60-34)53-19-28-14-17-31(44)32(18-28)45-23(2)46)63-43-40(59-27(6)50)38(57-25(4)48)35-33(61-43)20-54-41(62-35)29-10-8-7-9-11-29/h7-18,33-43H,19-21H2,1-6H3,(H,45,46)/t33-,34-,35-,36-,37+,38+,39-,40-,41?,42-,43-/m1/s1. The van der Waals surface area contributed by atoms with Gasteiger partial charge >= 0.3 is 23.9 Å². The Morgan fingerprint density at radius 3 is 1.95 bits per heavy atom. The number of nitrogens with one attached hydrogen (secondary N) is 1. The minimum atomic E-state index is -4.50. The molecule has 21 heteroatoms. The number of rotatable bonds is 15. The lowest BCUT2D eigenvalue weighted by molar-refractivity contribution is -0.386. The SMILES string of the molecule is CC(=O)Nc1cc(CO[C@@H]2O[C@H](COS(=O)(=O)c3ccc(C)cc3)[C@@H](O[C@H]3O[C@@H]4COC(c5ccccc5)O[C@H]4[C@H](OC(C)=O)[C@H]3OC(C)=O)[C@H](OC(C)=O)[C@H]2OC(C)=O)ccc1Cl. The molecule has 64 heavy (non-hydrogen) atoms. The Hall–Kier alpha value is -5.03. The van der Waals surface area contributed by atoms with E-state index in [-0.39, 0.29) is 28.8 Å². The summed E-state index contributed by atoms with van der Waals surface area (Å²) in [4.78, 5) is 62.7. The van der Waals surface area contributed by atoms with Crippen molar-refractivity contribution in [2.45, 2.75) is 121 Å². The summed E-state index contributed by atoms with van der Waals surface area (Å²) in [6, 6.07) is 19.3. The van der Waals surface area contributed by atoms with E-state index in [9.17, 15) is 32.4 Å². The second-order valence-corrected chi connectivity index (χ2v) is 17.0. The predicted octanol–water partition coefficient (Wildman–Crippen LogP) is 4.20. The number of ether oxygens (including phenoxy) is 10. The van der Waals surface area contributed by atoms with Gasteiger partial charge in [-0.3, -0.25) is 28.2 Å². The molecule has 0 aliphatic carbocycles. The molecule has 3 heterocycles. The molecule has 0 saturated carbocycles. The third-order valence-corrected chi connectivity index (χ3v) is 11.5. The summed E-state index contributed by atoms with van der Waals surface area (Å²) < 4.78 is 93.3. The highest BCUT2D eigenvalue weighted by atomic mass is 35.5. The number of anilines is 1. The van der Waals surface area contributed by atoms with Crippen LogP contribution in [0, 0.1) is 6.92 Å². The summed E-state index contributed by atoms with van der Waals surface area (Å²) in [7, 11) is -4.50. The molecule has 3 aliphatic rings. The van der Waals surface area contributed by atoms with Crippen LogP contribution in [0.25, 0.3) is 0 Å². The zero-order chi connectivity index (χ0) is 46.3. The molecule has 3 saturated heterocycles. The van der Waals surface area contributed by atoms with E-state index in [1.165, 1.54) is 31.2 Å². The molecule has 19 nitrogen and oxygen atoms in total. The van der Waals surface area contributed by atoms with Gasteiger partial charge in [-0.05, 0) is 36.8 Å². The van der Waals surface area contributed by atoms with Gasteiger partial charge in [0.1, 0.15) is 24.4 Å². The van der Waals surface area contributed by atoms with E-state index >= 15 is 0 Å². The molecule has 6 rings (SSSR count). The highest BCUT2D eigenvalue weighted by Crippen LogP contribution is 2.39. The minimum absolute atomic E-state index is 0.148. The van der Waals surface area contributed by atoms with Gasteiger partial charge in [-0.25, -0.2) is 0 Å². The average Bonchev–Trinajstić information content (AvgIpc) is 3.23. The van der Waals surface area contributed by atoms with Gasteiger partial charge < -0.3 is 52.7 Å². The molecule has 3 aliphatic heterocycles. The first kappa shape index (κ1) is 48.4. The largest absolute Gasteiger partial charge is 0.455 e. The van der Waals surface area contributed by atoms with Gasteiger partial charge in [0.05, 0.1) is 35.4 Å². The lowest BCUT2D eigenvalue weighted by atomic mass is 9.95. The van der Waals surface area contributed by atoms with Crippen molar-refractivity contribution in [3.63, 3.8) is 0 Å². The Balaban J connectivity index is 1.38. The third kappa shape index (κ3) is 12.4. The second kappa shape index (κ2) is 21.3. The number of benzene rings is 3. The Morgan fingerprint density at radius 1 is 0.719 bits per heavy atom. The Morgan fingerprint density at radius 2 is 1.33 bits per heavy atom. The first-order valence-electron chi connectivity index (χ1n) is 20.0. The van der Waals surface area contributed by atoms with Crippen LogP contribution in [0.15, 0.2) is 77.7 Å². The third-order valence-electron chi connectivity index (χ3n) is 9.90. The highest BCUT2D eigenvalue weighted by Gasteiger charge is 2.58. The molecule has 11 atom stereocenters. The average molecular weight is 934 g/mol. The molecule has 3 aromatic carbocycles. The lowest BCUT2D eigenvalue weighted by Gasteiger charge is -2.50. The number of halogens is 1. The number of carbonyl (C=O) groups is 5. The molecule has 0 radical (unpaired) electrons. The van der Waals surface area contributed by atoms with Gasteiger partial charge in [-0.2, -0.15) is 8.42 Å². The van der Waals surface area contributed by atoms with Crippen LogP contribution in [0.1, 0.15) is 57.6 Å². The van der Waals surface area contributed by atoms with Crippen LogP contribution in [0.3, 0.4) is 0 Å². The van der Waals surface area contributed by atoms with Gasteiger partial charge in [-0.1, -0.05) is 65.7 Å². The number of hydrogen-bond acceptors (Lipinski definition) is 18. The number of aryl methyl sites for hydroxylation is 1. The fourth-order valence-electron chi connectivity index (χ4n) is 7.24. The zero-order valence-corrected chi connectivity index (χ0v) is 37.1. The van der Waals surface area contributed by atoms with Gasteiger partial charge in [0.2, 0.25) is 5.91 Å². The van der Waals surface area contributed by atoms with Crippen molar-refractivity contribution >= 4 is 57.2 Å². The van der Waals surface area contributed by atoms with Crippen LogP contribution in [0.4, 0.5) is 5.69 Å². The van der Waals surface area contributed by atoms with E-state index in [0.29, 0.717) is 11.1 Å². The van der Waals surface area contributed by atoms with E-state index in [4.69, 9.17) is 63.2 Å². The van der Waals surface area contributed by atoms with Gasteiger partial charge in [-0.15, -0.1) is 0 Å². The molecule has 346 valence electrons. The molecule has 3 fully saturated rings. The maximum absolute atomic E-state index is 13.6. The van der Waals surface area contributed by atoms with Crippen LogP contribution in [-0.4, -0.2) is 113 Å². The van der Waals surface area contributed by atoms with E-state index < -0.39 is 114 Å². The molecular formula is C43H48ClNO18S. The van der Waals surface area contributed by atoms with Gasteiger partial charge in [0, 0.05) is 40.2 Å². The molecule has 0 aromatic heterocycles. The van der Waals surface area contributed by atoms with Crippen molar-refractivity contribution in [2.75, 3.05) is 18.5 Å². The Kier molecular flexibility index (Phi) is 16.1. The van der Waals surface area contributed by atoms with Crippen molar-refractivity contribution in [3.05, 3.63) is 94.5 Å². The van der Waals surface area contributed by atoms with E-state index in [1.807, 2.05) is 0 Å². The van der Waals surface area contributed by atoms with Crippen molar-refractivity contribution < 1.29 is 83.9 Å². The van der Waals surface area contributed by atoms with Crippen molar-refractivity contribution in [2.24, 2.45) is 0 Å². The second-order valence-electron chi connectivity index (χ2n) is 15.0. The van der Waals surface area contributed by atoms with Crippen LogP contribution in [0.5, 0.6) is 0 Å². The maximum Gasteiger partial charge on any atom is 0.303 e. The molecule has 1 unspecified atom stereocenters. The number of esters is 4. The fourth-order valence-corrected chi connectivity index (χ4v) is 8.33. The fraction of sp³-hybridized carbons (Fsp3) is 0.465. The molecule has 1 amide bonds. The molecule has 3 aromatic rings. The summed E-state index contributed by atoms with van der Waals surface area (Å²) in [5, 5.41) is 2.84. The van der Waals surface area contributed by atoms with Gasteiger partial charge in [0.25, 0.3) is 10.1 Å². The van der Waals surface area contributed by atoms with E-state index in [0.717, 1.165) is 33.3 Å². The summed E-state index contributed by atoms with van der Waals surface area (Å²) in [5.74, 6) is -3.79. The Labute approximate surface area is 373 Å². The topological polar surface area (TPSA) is 233 Å². The van der Waals surface area contributed by atoms with Crippen molar-refractivity contribution in [1.82, 2.24) is 0 Å². The van der Waals surface area contributed by atoms with E-state index in [2.05, 4.69) is 5.32 Å². The Bertz CT molecular complexity index is 2260. The normalized spacial score (nSPS) is 27.9. The summed E-state index contributed by atoms with van der Waals surface area (Å²) in [5.41, 5.74) is 2.13. The molecular weight excluding hydrogens is 886 g/mol. The summed E-state index contributed by atoms with van der Waals surface area (Å²) in [6.07, 6.45) is -15.9. The minimum Gasteiger partial charge on any atom is -0.455 e. The summed E-state index contributed by atoms with van der Waals surface area (Å²) in [6.45, 7) is 6.20. The predicted molar refractivity (Wildman–Crippen MR) is 219 cm³/mol. The number of fused-ring (bicyclic) bond motifs is 1. The van der Waals surface area contributed by atoms with Crippen LogP contribution >= 0.6 is 11.6 Å². The number of amides is 1. The summed E-state index contributed by atoms with van der Waals surface area (Å²) >= 11 is 6.28. The molecule has 0 bridgehead atoms. The number of hydrogen-bond donors (Lipinski definition) is 1. The van der Waals surface area contributed by atoms with Crippen LogP contribution < -0.4 is 5.32 Å².